The fourth-order valence-corrected chi connectivity index (χ4v) is 5.46. The Morgan fingerprint density at radius 1 is 1.23 bits per heavy atom. The van der Waals surface area contributed by atoms with Crippen molar-refractivity contribution < 1.29 is 14.3 Å². The van der Waals surface area contributed by atoms with Crippen LogP contribution >= 0.6 is 23.1 Å². The van der Waals surface area contributed by atoms with Crippen LogP contribution < -0.4 is 20.5 Å². The molecule has 0 spiro atoms. The SMILES string of the molecule is O=C(CSc1nc(=O)n(Cc2cccs2)c2c1CCC2)NCc1ccc2c(c1)OCO2. The Kier molecular flexibility index (Phi) is 5.69. The highest BCUT2D eigenvalue weighted by molar-refractivity contribution is 7.99. The van der Waals surface area contributed by atoms with Gasteiger partial charge in [-0.1, -0.05) is 23.9 Å². The summed E-state index contributed by atoms with van der Waals surface area (Å²) >= 11 is 2.98. The van der Waals surface area contributed by atoms with E-state index in [1.165, 1.54) is 11.8 Å². The number of thiophene rings is 1. The summed E-state index contributed by atoms with van der Waals surface area (Å²) in [7, 11) is 0. The van der Waals surface area contributed by atoms with Crippen LogP contribution in [0.2, 0.25) is 0 Å². The van der Waals surface area contributed by atoms with Crippen molar-refractivity contribution in [2.75, 3.05) is 12.5 Å². The molecule has 0 bridgehead atoms. The number of carbonyl (C=O) groups excluding carboxylic acids is 1. The summed E-state index contributed by atoms with van der Waals surface area (Å²) < 4.78 is 12.5. The van der Waals surface area contributed by atoms with Gasteiger partial charge in [0.1, 0.15) is 5.03 Å². The first-order valence-corrected chi connectivity index (χ1v) is 12.0. The molecule has 0 atom stereocenters. The zero-order chi connectivity index (χ0) is 21.2. The lowest BCUT2D eigenvalue weighted by molar-refractivity contribution is -0.118. The van der Waals surface area contributed by atoms with Crippen molar-refractivity contribution in [3.05, 3.63) is 67.9 Å². The molecule has 0 radical (unpaired) electrons. The molecule has 1 aliphatic heterocycles. The monoisotopic (exact) mass is 455 g/mol. The molecule has 0 fully saturated rings. The molecule has 2 aliphatic rings. The molecule has 31 heavy (non-hydrogen) atoms. The second-order valence-corrected chi connectivity index (χ2v) is 9.39. The van der Waals surface area contributed by atoms with Gasteiger partial charge in [-0.25, -0.2) is 4.79 Å². The number of ether oxygens (including phenoxy) is 2. The maximum atomic E-state index is 12.7. The number of nitrogens with one attached hydrogen (secondary N) is 1. The minimum atomic E-state index is -0.239. The first-order valence-electron chi connectivity index (χ1n) is 10.1. The van der Waals surface area contributed by atoms with Gasteiger partial charge in [0, 0.05) is 22.7 Å². The molecule has 0 saturated carbocycles. The summed E-state index contributed by atoms with van der Waals surface area (Å²) in [5.74, 6) is 1.54. The molecule has 0 unspecified atom stereocenters. The molecule has 1 aliphatic carbocycles. The number of amides is 1. The largest absolute Gasteiger partial charge is 0.454 e. The highest BCUT2D eigenvalue weighted by Gasteiger charge is 2.23. The van der Waals surface area contributed by atoms with Crippen molar-refractivity contribution in [3.8, 4) is 11.5 Å². The first-order chi connectivity index (χ1) is 15.2. The minimum absolute atomic E-state index is 0.0982. The van der Waals surface area contributed by atoms with E-state index >= 15 is 0 Å². The molecular formula is C22H21N3O4S2. The van der Waals surface area contributed by atoms with Gasteiger partial charge >= 0.3 is 5.69 Å². The summed E-state index contributed by atoms with van der Waals surface area (Å²) in [5.41, 5.74) is 2.89. The Bertz CT molecular complexity index is 1170. The van der Waals surface area contributed by atoms with E-state index in [4.69, 9.17) is 9.47 Å². The van der Waals surface area contributed by atoms with Crippen molar-refractivity contribution in [2.24, 2.45) is 0 Å². The van der Waals surface area contributed by atoms with Gasteiger partial charge in [0.05, 0.1) is 12.3 Å². The molecular weight excluding hydrogens is 434 g/mol. The van der Waals surface area contributed by atoms with Crippen LogP contribution in [0, 0.1) is 0 Å². The minimum Gasteiger partial charge on any atom is -0.454 e. The third-order valence-corrected chi connectivity index (χ3v) is 7.24. The number of hydrogen-bond acceptors (Lipinski definition) is 7. The normalized spacial score (nSPS) is 13.9. The van der Waals surface area contributed by atoms with E-state index in [0.717, 1.165) is 46.7 Å². The van der Waals surface area contributed by atoms with E-state index in [-0.39, 0.29) is 24.1 Å². The summed E-state index contributed by atoms with van der Waals surface area (Å²) in [4.78, 5) is 30.5. The molecule has 9 heteroatoms. The zero-order valence-electron chi connectivity index (χ0n) is 16.8. The summed E-state index contributed by atoms with van der Waals surface area (Å²) in [6, 6.07) is 9.65. The number of hydrogen-bond donors (Lipinski definition) is 1. The summed E-state index contributed by atoms with van der Waals surface area (Å²) in [6.07, 6.45) is 2.78. The van der Waals surface area contributed by atoms with Crippen molar-refractivity contribution in [1.29, 1.82) is 0 Å². The summed E-state index contributed by atoms with van der Waals surface area (Å²) in [5, 5.41) is 5.62. The van der Waals surface area contributed by atoms with Crippen LogP contribution in [0.25, 0.3) is 0 Å². The van der Waals surface area contributed by atoms with Crippen LogP contribution in [0.5, 0.6) is 11.5 Å². The smallest absolute Gasteiger partial charge is 0.349 e. The lowest BCUT2D eigenvalue weighted by atomic mass is 10.2. The van der Waals surface area contributed by atoms with E-state index in [0.29, 0.717) is 23.9 Å². The molecule has 1 N–H and O–H groups in total. The van der Waals surface area contributed by atoms with Crippen LogP contribution in [0.1, 0.15) is 28.1 Å². The van der Waals surface area contributed by atoms with Gasteiger partial charge in [0.15, 0.2) is 11.5 Å². The van der Waals surface area contributed by atoms with E-state index in [2.05, 4.69) is 10.3 Å². The Labute approximate surface area is 187 Å². The molecule has 1 amide bonds. The number of aromatic nitrogens is 2. The molecule has 1 aromatic carbocycles. The maximum Gasteiger partial charge on any atom is 0.349 e. The zero-order valence-corrected chi connectivity index (χ0v) is 18.4. The van der Waals surface area contributed by atoms with Crippen LogP contribution in [-0.4, -0.2) is 28.0 Å². The number of benzene rings is 1. The first kappa shape index (κ1) is 20.1. The number of nitrogens with zero attached hydrogens (tertiary/aromatic N) is 2. The topological polar surface area (TPSA) is 82.5 Å². The fourth-order valence-electron chi connectivity index (χ4n) is 3.86. The van der Waals surface area contributed by atoms with Crippen LogP contribution in [-0.2, 0) is 30.7 Å². The van der Waals surface area contributed by atoms with E-state index < -0.39 is 0 Å². The Morgan fingerprint density at radius 3 is 3.00 bits per heavy atom. The van der Waals surface area contributed by atoms with Crippen molar-refractivity contribution in [2.45, 2.75) is 37.4 Å². The lowest BCUT2D eigenvalue weighted by Crippen LogP contribution is -2.28. The number of carbonyl (C=O) groups is 1. The quantitative estimate of drug-likeness (QED) is 0.436. The third kappa shape index (κ3) is 4.33. The summed E-state index contributed by atoms with van der Waals surface area (Å²) in [6.45, 7) is 1.20. The average molecular weight is 456 g/mol. The van der Waals surface area contributed by atoms with Crippen LogP contribution in [0.15, 0.2) is 45.5 Å². The highest BCUT2D eigenvalue weighted by Crippen LogP contribution is 2.32. The van der Waals surface area contributed by atoms with Crippen LogP contribution in [0.4, 0.5) is 0 Å². The molecule has 3 aromatic rings. The van der Waals surface area contributed by atoms with Gasteiger partial charge in [-0.2, -0.15) is 4.98 Å². The molecule has 0 saturated heterocycles. The van der Waals surface area contributed by atoms with Gasteiger partial charge in [-0.3, -0.25) is 9.36 Å². The second-order valence-electron chi connectivity index (χ2n) is 7.40. The van der Waals surface area contributed by atoms with E-state index in [1.807, 2.05) is 35.7 Å². The van der Waals surface area contributed by atoms with Gasteiger partial charge in [-0.05, 0) is 48.4 Å². The average Bonchev–Trinajstić information content (AvgIpc) is 3.53. The standard InChI is InChI=1S/C22H21N3O4S2/c26-20(23-10-14-6-7-18-19(9-14)29-13-28-18)12-31-21-16-4-1-5-17(16)25(22(27)24-21)11-15-3-2-8-30-15/h2-3,6-9H,1,4-5,10-13H2,(H,23,26). The Hall–Kier alpha value is -2.78. The Morgan fingerprint density at radius 2 is 2.13 bits per heavy atom. The molecule has 5 rings (SSSR count). The number of rotatable bonds is 7. The van der Waals surface area contributed by atoms with Crippen molar-refractivity contribution >= 4 is 29.0 Å². The predicted octanol–water partition coefficient (Wildman–Crippen LogP) is 2.98. The van der Waals surface area contributed by atoms with Gasteiger partial charge in [0.25, 0.3) is 0 Å². The van der Waals surface area contributed by atoms with E-state index in [1.54, 1.807) is 15.9 Å². The van der Waals surface area contributed by atoms with E-state index in [9.17, 15) is 9.59 Å². The number of fused-ring (bicyclic) bond motifs is 2. The lowest BCUT2D eigenvalue weighted by Gasteiger charge is -2.13. The maximum absolute atomic E-state index is 12.7. The van der Waals surface area contributed by atoms with Crippen molar-refractivity contribution in [1.82, 2.24) is 14.9 Å². The van der Waals surface area contributed by atoms with Crippen LogP contribution in [0.3, 0.4) is 0 Å². The van der Waals surface area contributed by atoms with Gasteiger partial charge in [-0.15, -0.1) is 11.3 Å². The predicted molar refractivity (Wildman–Crippen MR) is 119 cm³/mol. The fraction of sp³-hybridized carbons (Fsp3) is 0.318. The highest BCUT2D eigenvalue weighted by atomic mass is 32.2. The molecule has 2 aromatic heterocycles. The molecule has 3 heterocycles. The number of thioether (sulfide) groups is 1. The van der Waals surface area contributed by atoms with Crippen molar-refractivity contribution in [3.63, 3.8) is 0 Å². The van der Waals surface area contributed by atoms with Gasteiger partial charge < -0.3 is 14.8 Å². The molecule has 7 nitrogen and oxygen atoms in total. The van der Waals surface area contributed by atoms with Gasteiger partial charge in [0.2, 0.25) is 12.7 Å². The molecule has 160 valence electrons. The Balaban J connectivity index is 1.23. The third-order valence-electron chi connectivity index (χ3n) is 5.36. The second kappa shape index (κ2) is 8.76.